The quantitative estimate of drug-likeness (QED) is 0.371. The highest BCUT2D eigenvalue weighted by molar-refractivity contribution is 6.34. The molecular weight excluding hydrogens is 431 g/mol. The Labute approximate surface area is 190 Å². The normalized spacial score (nSPS) is 19.2. The Morgan fingerprint density at radius 2 is 2.12 bits per heavy atom. The molecule has 0 spiro atoms. The van der Waals surface area contributed by atoms with E-state index in [0.717, 1.165) is 0 Å². The first-order chi connectivity index (χ1) is 15.3. The number of halogens is 2. The summed E-state index contributed by atoms with van der Waals surface area (Å²) in [5.41, 5.74) is 0.992. The van der Waals surface area contributed by atoms with Crippen molar-refractivity contribution in [3.05, 3.63) is 41.6 Å². The van der Waals surface area contributed by atoms with Gasteiger partial charge in [0.1, 0.15) is 16.5 Å². The summed E-state index contributed by atoms with van der Waals surface area (Å²) in [7, 11) is 0. The number of H-pyrrole nitrogens is 2. The Balaban J connectivity index is 1.66. The van der Waals surface area contributed by atoms with Crippen LogP contribution in [0.1, 0.15) is 20.8 Å². The minimum atomic E-state index is -0.901. The predicted octanol–water partition coefficient (Wildman–Crippen LogP) is 4.08. The first-order valence-corrected chi connectivity index (χ1v) is 11.2. The molecule has 1 unspecified atom stereocenters. The van der Waals surface area contributed by atoms with Crippen LogP contribution in [0, 0.1) is 11.7 Å². The molecule has 5 rings (SSSR count). The Hall–Kier alpha value is -2.68. The summed E-state index contributed by atoms with van der Waals surface area (Å²) in [6.07, 6.45) is 3.37. The maximum Gasteiger partial charge on any atom is 0.159 e. The molecule has 1 aliphatic rings. The number of aromatic amines is 2. The van der Waals surface area contributed by atoms with Gasteiger partial charge in [-0.25, -0.2) is 14.4 Å². The van der Waals surface area contributed by atoms with Crippen LogP contribution >= 0.6 is 11.6 Å². The molecule has 4 N–H and O–H groups in total. The predicted molar refractivity (Wildman–Crippen MR) is 126 cm³/mol. The molecule has 4 aromatic rings. The lowest BCUT2D eigenvalue weighted by Crippen LogP contribution is -2.62. The number of fused-ring (bicyclic) bond motifs is 2. The number of anilines is 1. The second-order valence-electron chi connectivity index (χ2n) is 8.91. The van der Waals surface area contributed by atoms with Gasteiger partial charge in [0.15, 0.2) is 11.6 Å². The first kappa shape index (κ1) is 21.2. The molecular formula is C23H26ClFN6O. The summed E-state index contributed by atoms with van der Waals surface area (Å²) in [5.74, 6) is 0.277. The monoisotopic (exact) mass is 456 g/mol. The molecule has 0 aromatic carbocycles. The Bertz CT molecular complexity index is 1300. The number of rotatable bonds is 4. The van der Waals surface area contributed by atoms with Crippen LogP contribution < -0.4 is 10.2 Å². The number of aromatic nitrogens is 4. The van der Waals surface area contributed by atoms with Crippen molar-refractivity contribution in [3.8, 4) is 11.3 Å². The van der Waals surface area contributed by atoms with Crippen LogP contribution in [0.5, 0.6) is 0 Å². The van der Waals surface area contributed by atoms with Crippen molar-refractivity contribution in [2.45, 2.75) is 32.4 Å². The van der Waals surface area contributed by atoms with Crippen molar-refractivity contribution in [2.75, 3.05) is 24.5 Å². The third kappa shape index (κ3) is 3.25. The van der Waals surface area contributed by atoms with E-state index in [9.17, 15) is 5.11 Å². The molecule has 1 fully saturated rings. The highest BCUT2D eigenvalue weighted by Gasteiger charge is 2.38. The van der Waals surface area contributed by atoms with E-state index in [2.05, 4.69) is 25.2 Å². The first-order valence-electron chi connectivity index (χ1n) is 10.8. The van der Waals surface area contributed by atoms with Gasteiger partial charge >= 0.3 is 0 Å². The average molecular weight is 457 g/mol. The smallest absolute Gasteiger partial charge is 0.159 e. The van der Waals surface area contributed by atoms with Crippen molar-refractivity contribution < 1.29 is 9.50 Å². The molecule has 0 aliphatic carbocycles. The number of pyridine rings is 2. The van der Waals surface area contributed by atoms with Crippen LogP contribution in [0.2, 0.25) is 5.15 Å². The minimum Gasteiger partial charge on any atom is -0.388 e. The van der Waals surface area contributed by atoms with E-state index >= 15 is 4.39 Å². The summed E-state index contributed by atoms with van der Waals surface area (Å²) in [6.45, 7) is 7.77. The van der Waals surface area contributed by atoms with Crippen LogP contribution in [0.3, 0.4) is 0 Å². The van der Waals surface area contributed by atoms with E-state index in [1.54, 1.807) is 24.5 Å². The Morgan fingerprint density at radius 1 is 1.31 bits per heavy atom. The van der Waals surface area contributed by atoms with Gasteiger partial charge in [-0.05, 0) is 31.0 Å². The molecule has 0 saturated carbocycles. The maximum atomic E-state index is 15.6. The molecule has 0 radical (unpaired) electrons. The number of hydrogen-bond acceptors (Lipinski definition) is 5. The molecule has 7 nitrogen and oxygen atoms in total. The van der Waals surface area contributed by atoms with Crippen LogP contribution in [0.25, 0.3) is 33.2 Å². The standard InChI is InChI=1S/C23H26ClFN6O/c1-12(2)23(3,32)15-11-31(10-9-26-15)22-18-14(6-8-27-18)17(25)19(29-22)16-13-5-4-7-28-21(13)30-20(16)24/h4-8,12,15,26-27,32H,9-11H2,1-3H3,(H,28,30)/t15-,23?/m0/s1. The molecule has 2 atom stereocenters. The van der Waals surface area contributed by atoms with E-state index in [4.69, 9.17) is 16.6 Å². The Kier molecular flexibility index (Phi) is 5.11. The molecule has 32 heavy (non-hydrogen) atoms. The maximum absolute atomic E-state index is 15.6. The van der Waals surface area contributed by atoms with E-state index in [-0.39, 0.29) is 17.7 Å². The topological polar surface area (TPSA) is 92.9 Å². The lowest BCUT2D eigenvalue weighted by Gasteiger charge is -2.43. The summed E-state index contributed by atoms with van der Waals surface area (Å²) < 4.78 is 15.6. The fraction of sp³-hybridized carbons (Fsp3) is 0.391. The summed E-state index contributed by atoms with van der Waals surface area (Å²) in [5, 5.41) is 15.9. The van der Waals surface area contributed by atoms with Gasteiger partial charge in [0.2, 0.25) is 0 Å². The highest BCUT2D eigenvalue weighted by Crippen LogP contribution is 2.39. The minimum absolute atomic E-state index is 0.0692. The third-order valence-corrected chi connectivity index (χ3v) is 7.03. The van der Waals surface area contributed by atoms with E-state index < -0.39 is 11.4 Å². The van der Waals surface area contributed by atoms with Crippen LogP contribution in [0.4, 0.5) is 10.2 Å². The molecule has 0 amide bonds. The highest BCUT2D eigenvalue weighted by atomic mass is 35.5. The SMILES string of the molecule is CC(C)C(C)(O)[C@@H]1CN(c2nc(-c3c(Cl)[nH]c4ncccc34)c(F)c3cc[nH]c23)CCN1. The van der Waals surface area contributed by atoms with E-state index in [0.29, 0.717) is 58.1 Å². The molecule has 9 heteroatoms. The molecule has 1 saturated heterocycles. The van der Waals surface area contributed by atoms with Gasteiger partial charge in [-0.2, -0.15) is 0 Å². The zero-order chi connectivity index (χ0) is 22.6. The van der Waals surface area contributed by atoms with Gasteiger partial charge < -0.3 is 25.3 Å². The lowest BCUT2D eigenvalue weighted by molar-refractivity contribution is -0.0231. The van der Waals surface area contributed by atoms with Gasteiger partial charge in [-0.1, -0.05) is 25.4 Å². The van der Waals surface area contributed by atoms with Crippen LogP contribution in [-0.2, 0) is 0 Å². The largest absolute Gasteiger partial charge is 0.388 e. The summed E-state index contributed by atoms with van der Waals surface area (Å²) >= 11 is 6.49. The number of aliphatic hydroxyl groups is 1. The van der Waals surface area contributed by atoms with E-state index in [1.807, 2.05) is 26.8 Å². The van der Waals surface area contributed by atoms with Gasteiger partial charge in [0, 0.05) is 48.4 Å². The van der Waals surface area contributed by atoms with Gasteiger partial charge in [-0.3, -0.25) is 0 Å². The zero-order valence-electron chi connectivity index (χ0n) is 18.2. The summed E-state index contributed by atoms with van der Waals surface area (Å²) in [6, 6.07) is 5.20. The third-order valence-electron chi connectivity index (χ3n) is 6.74. The lowest BCUT2D eigenvalue weighted by atomic mass is 9.84. The summed E-state index contributed by atoms with van der Waals surface area (Å²) in [4.78, 5) is 17.3. The molecule has 0 bridgehead atoms. The van der Waals surface area contributed by atoms with Gasteiger partial charge in [0.05, 0.1) is 17.2 Å². The number of nitrogens with zero attached hydrogens (tertiary/aromatic N) is 3. The number of nitrogens with one attached hydrogen (secondary N) is 3. The van der Waals surface area contributed by atoms with E-state index in [1.165, 1.54) is 0 Å². The molecule has 168 valence electrons. The van der Waals surface area contributed by atoms with Crippen LogP contribution in [0.15, 0.2) is 30.6 Å². The Morgan fingerprint density at radius 3 is 2.91 bits per heavy atom. The fourth-order valence-electron chi connectivity index (χ4n) is 4.43. The molecule has 1 aliphatic heterocycles. The average Bonchev–Trinajstić information content (AvgIpc) is 3.39. The van der Waals surface area contributed by atoms with Crippen molar-refractivity contribution in [1.82, 2.24) is 25.3 Å². The fourth-order valence-corrected chi connectivity index (χ4v) is 4.71. The van der Waals surface area contributed by atoms with Crippen LogP contribution in [-0.4, -0.2) is 56.3 Å². The molecule has 4 aromatic heterocycles. The van der Waals surface area contributed by atoms with Crippen molar-refractivity contribution in [1.29, 1.82) is 0 Å². The number of hydrogen-bond donors (Lipinski definition) is 4. The second kappa shape index (κ2) is 7.72. The second-order valence-corrected chi connectivity index (χ2v) is 9.29. The van der Waals surface area contributed by atoms with Gasteiger partial charge in [0.25, 0.3) is 0 Å². The van der Waals surface area contributed by atoms with Crippen molar-refractivity contribution >= 4 is 39.4 Å². The number of piperazine rings is 1. The van der Waals surface area contributed by atoms with Crippen molar-refractivity contribution in [3.63, 3.8) is 0 Å². The molecule has 5 heterocycles. The van der Waals surface area contributed by atoms with Crippen molar-refractivity contribution in [2.24, 2.45) is 5.92 Å². The zero-order valence-corrected chi connectivity index (χ0v) is 19.0. The van der Waals surface area contributed by atoms with Gasteiger partial charge in [-0.15, -0.1) is 0 Å².